The van der Waals surface area contributed by atoms with Crippen LogP contribution in [0.3, 0.4) is 0 Å². The van der Waals surface area contributed by atoms with Crippen LogP contribution in [0.1, 0.15) is 19.3 Å². The molecule has 0 radical (unpaired) electrons. The van der Waals surface area contributed by atoms with Crippen molar-refractivity contribution in [1.82, 2.24) is 0 Å². The van der Waals surface area contributed by atoms with Crippen molar-refractivity contribution < 1.29 is 28.2 Å². The predicted molar refractivity (Wildman–Crippen MR) is 53.1 cm³/mol. The molecule has 3 atom stereocenters. The van der Waals surface area contributed by atoms with Gasteiger partial charge in [0.25, 0.3) is 0 Å². The van der Waals surface area contributed by atoms with Gasteiger partial charge in [-0.15, -0.1) is 0 Å². The minimum Gasteiger partial charge on any atom is -0.393 e. The fourth-order valence-corrected chi connectivity index (χ4v) is 3.01. The van der Waals surface area contributed by atoms with Crippen LogP contribution in [0.2, 0.25) is 0 Å². The lowest BCUT2D eigenvalue weighted by Crippen LogP contribution is -2.40. The summed E-state index contributed by atoms with van der Waals surface area (Å²) < 4.78 is 37.3. The number of halogens is 2. The van der Waals surface area contributed by atoms with E-state index in [2.05, 4.69) is 12.6 Å². The van der Waals surface area contributed by atoms with E-state index in [9.17, 15) is 18.5 Å². The maximum atomic E-state index is 13.3. The van der Waals surface area contributed by atoms with Crippen LogP contribution < -0.4 is 0 Å². The van der Waals surface area contributed by atoms with Crippen LogP contribution in [0.4, 0.5) is 8.78 Å². The second-order valence-electron chi connectivity index (χ2n) is 3.77. The Morgan fingerprint density at radius 1 is 1.33 bits per heavy atom. The van der Waals surface area contributed by atoms with Crippen LogP contribution in [-0.2, 0) is 4.57 Å². The molecular formula is C7H13F2O4PS. The maximum Gasteiger partial charge on any atom is 0.394 e. The second-order valence-corrected chi connectivity index (χ2v) is 6.12. The Bertz CT molecular complexity index is 282. The minimum atomic E-state index is -5.49. The highest BCUT2D eigenvalue weighted by Gasteiger charge is 2.57. The highest BCUT2D eigenvalue weighted by molar-refractivity contribution is 7.81. The number of alkyl halides is 2. The molecule has 0 aromatic carbocycles. The molecule has 0 heterocycles. The van der Waals surface area contributed by atoms with E-state index in [1.165, 1.54) is 0 Å². The summed E-state index contributed by atoms with van der Waals surface area (Å²) in [7, 11) is -5.49. The Hall–Kier alpha value is 0.320. The van der Waals surface area contributed by atoms with Crippen LogP contribution in [-0.4, -0.2) is 31.9 Å². The molecule has 8 heteroatoms. The summed E-state index contributed by atoms with van der Waals surface area (Å²) >= 11 is 3.89. The monoisotopic (exact) mass is 262 g/mol. The van der Waals surface area contributed by atoms with Crippen LogP contribution in [0.25, 0.3) is 0 Å². The topological polar surface area (TPSA) is 77.8 Å². The molecule has 1 aliphatic rings. The van der Waals surface area contributed by atoms with Crippen LogP contribution in [0, 0.1) is 5.92 Å². The second kappa shape index (κ2) is 4.30. The minimum absolute atomic E-state index is 0.227. The molecule has 1 saturated carbocycles. The third kappa shape index (κ3) is 2.71. The van der Waals surface area contributed by atoms with Gasteiger partial charge in [0.05, 0.1) is 6.10 Å². The van der Waals surface area contributed by atoms with E-state index in [0.29, 0.717) is 6.42 Å². The number of hydrogen-bond donors (Lipinski definition) is 4. The number of rotatable bonds is 2. The van der Waals surface area contributed by atoms with E-state index < -0.39 is 30.5 Å². The number of aliphatic hydroxyl groups excluding tert-OH is 1. The van der Waals surface area contributed by atoms with Gasteiger partial charge in [-0.1, -0.05) is 0 Å². The molecule has 1 fully saturated rings. The summed E-state index contributed by atoms with van der Waals surface area (Å²) in [5.74, 6) is -1.58. The largest absolute Gasteiger partial charge is 0.394 e. The zero-order chi connectivity index (χ0) is 11.9. The van der Waals surface area contributed by atoms with E-state index >= 15 is 0 Å². The van der Waals surface area contributed by atoms with Gasteiger partial charge >= 0.3 is 13.3 Å². The standard InChI is InChI=1S/C7H13F2O4PS/c8-7(9,14(11,12)13)5-3-4(10)1-2-6(5)15/h4-6,10,15H,1-3H2,(H2,11,12,13)/t4-,5+,6-/m1/s1. The number of thiol groups is 1. The SMILES string of the molecule is O=P(O)(O)C(F)(F)[C@H]1C[C@H](O)CC[C@H]1S. The zero-order valence-corrected chi connectivity index (χ0v) is 9.54. The average molecular weight is 262 g/mol. The molecule has 0 bridgehead atoms. The Morgan fingerprint density at radius 3 is 2.33 bits per heavy atom. The first kappa shape index (κ1) is 13.4. The van der Waals surface area contributed by atoms with Crippen molar-refractivity contribution in [3.63, 3.8) is 0 Å². The Balaban J connectivity index is 2.89. The Labute approximate surface area is 91.3 Å². The average Bonchev–Trinajstić information content (AvgIpc) is 2.07. The van der Waals surface area contributed by atoms with Crippen molar-refractivity contribution in [1.29, 1.82) is 0 Å². The van der Waals surface area contributed by atoms with Crippen molar-refractivity contribution in [3.8, 4) is 0 Å². The molecule has 4 nitrogen and oxygen atoms in total. The lowest BCUT2D eigenvalue weighted by molar-refractivity contribution is -0.0360. The van der Waals surface area contributed by atoms with Gasteiger partial charge in [-0.05, 0) is 19.3 Å². The molecule has 1 rings (SSSR count). The normalized spacial score (nSPS) is 34.1. The summed E-state index contributed by atoms with van der Waals surface area (Å²) in [6.45, 7) is 0. The fourth-order valence-electron chi connectivity index (χ4n) is 1.72. The molecule has 0 saturated heterocycles. The van der Waals surface area contributed by atoms with Crippen molar-refractivity contribution in [3.05, 3.63) is 0 Å². The van der Waals surface area contributed by atoms with Gasteiger partial charge in [0.1, 0.15) is 0 Å². The van der Waals surface area contributed by atoms with E-state index in [1.807, 2.05) is 0 Å². The third-order valence-corrected chi connectivity index (χ3v) is 4.35. The summed E-state index contributed by atoms with van der Waals surface area (Å²) in [5, 5.41) is 8.41. The molecule has 3 N–H and O–H groups in total. The van der Waals surface area contributed by atoms with Crippen molar-refractivity contribution in [2.45, 2.75) is 36.3 Å². The third-order valence-electron chi connectivity index (χ3n) is 2.62. The molecule has 0 unspecified atom stereocenters. The van der Waals surface area contributed by atoms with Gasteiger partial charge in [0.15, 0.2) is 0 Å². The lowest BCUT2D eigenvalue weighted by Gasteiger charge is -2.36. The maximum absolute atomic E-state index is 13.3. The van der Waals surface area contributed by atoms with Gasteiger partial charge in [0, 0.05) is 11.2 Å². The highest BCUT2D eigenvalue weighted by Crippen LogP contribution is 2.60. The van der Waals surface area contributed by atoms with Crippen LogP contribution in [0.15, 0.2) is 0 Å². The van der Waals surface area contributed by atoms with Crippen molar-refractivity contribution in [2.24, 2.45) is 5.92 Å². The summed E-state index contributed by atoms with van der Waals surface area (Å²) in [6.07, 6.45) is -0.700. The predicted octanol–water partition coefficient (Wildman–Crippen LogP) is 1.22. The molecule has 0 aliphatic heterocycles. The highest BCUT2D eigenvalue weighted by atomic mass is 32.1. The molecule has 0 amide bonds. The molecule has 0 spiro atoms. The van der Waals surface area contributed by atoms with Crippen molar-refractivity contribution >= 4 is 20.2 Å². The van der Waals surface area contributed by atoms with E-state index in [-0.39, 0.29) is 12.8 Å². The van der Waals surface area contributed by atoms with E-state index in [0.717, 1.165) is 0 Å². The number of hydrogen-bond acceptors (Lipinski definition) is 3. The lowest BCUT2D eigenvalue weighted by atomic mass is 9.87. The number of aliphatic hydroxyl groups is 1. The molecule has 1 aliphatic carbocycles. The first-order valence-electron chi connectivity index (χ1n) is 4.46. The van der Waals surface area contributed by atoms with Gasteiger partial charge in [0.2, 0.25) is 0 Å². The molecule has 0 aromatic rings. The van der Waals surface area contributed by atoms with E-state index in [1.54, 1.807) is 0 Å². The quantitative estimate of drug-likeness (QED) is 0.445. The fraction of sp³-hybridized carbons (Fsp3) is 1.00. The van der Waals surface area contributed by atoms with Gasteiger partial charge in [-0.25, -0.2) is 0 Å². The summed E-state index contributed by atoms with van der Waals surface area (Å²) in [5.41, 5.74) is -4.11. The van der Waals surface area contributed by atoms with E-state index in [4.69, 9.17) is 9.79 Å². The molecule has 15 heavy (non-hydrogen) atoms. The van der Waals surface area contributed by atoms with Crippen LogP contribution >= 0.6 is 20.2 Å². The zero-order valence-electron chi connectivity index (χ0n) is 7.75. The molecular weight excluding hydrogens is 249 g/mol. The first-order valence-corrected chi connectivity index (χ1v) is 6.58. The first-order chi connectivity index (χ1) is 6.66. The Kier molecular flexibility index (Phi) is 3.83. The van der Waals surface area contributed by atoms with Gasteiger partial charge in [-0.3, -0.25) is 4.57 Å². The summed E-state index contributed by atoms with van der Waals surface area (Å²) in [4.78, 5) is 17.1. The smallest absolute Gasteiger partial charge is 0.393 e. The van der Waals surface area contributed by atoms with Gasteiger partial charge < -0.3 is 14.9 Å². The Morgan fingerprint density at radius 2 is 1.87 bits per heavy atom. The molecule has 90 valence electrons. The van der Waals surface area contributed by atoms with Crippen LogP contribution in [0.5, 0.6) is 0 Å². The summed E-state index contributed by atoms with van der Waals surface area (Å²) in [6, 6.07) is 0. The molecule has 0 aromatic heterocycles. The van der Waals surface area contributed by atoms with Gasteiger partial charge in [-0.2, -0.15) is 21.4 Å². The van der Waals surface area contributed by atoms with Crippen molar-refractivity contribution in [2.75, 3.05) is 0 Å².